The lowest BCUT2D eigenvalue weighted by Crippen LogP contribution is -2.30. The van der Waals surface area contributed by atoms with Gasteiger partial charge in [0.05, 0.1) is 6.20 Å². The molecule has 1 aliphatic carbocycles. The van der Waals surface area contributed by atoms with Gasteiger partial charge in [-0.3, -0.25) is 4.98 Å². The van der Waals surface area contributed by atoms with E-state index in [1.807, 2.05) is 0 Å². The molecule has 3 nitrogen and oxygen atoms in total. The van der Waals surface area contributed by atoms with Crippen molar-refractivity contribution >= 4 is 11.8 Å². The van der Waals surface area contributed by atoms with Crippen molar-refractivity contribution in [3.05, 3.63) is 18.6 Å². The van der Waals surface area contributed by atoms with Crippen LogP contribution in [0.5, 0.6) is 0 Å². The SMILES string of the molecule is NC(CSc1cnccn1)C1CCCC1. The summed E-state index contributed by atoms with van der Waals surface area (Å²) in [6, 6.07) is 0.319. The summed E-state index contributed by atoms with van der Waals surface area (Å²) in [4.78, 5) is 8.26. The van der Waals surface area contributed by atoms with Gasteiger partial charge in [-0.25, -0.2) is 4.98 Å². The number of aromatic nitrogens is 2. The van der Waals surface area contributed by atoms with E-state index in [-0.39, 0.29) is 0 Å². The monoisotopic (exact) mass is 223 g/mol. The summed E-state index contributed by atoms with van der Waals surface area (Å²) in [6.07, 6.45) is 10.5. The predicted molar refractivity (Wildman–Crippen MR) is 62.7 cm³/mol. The first kappa shape index (κ1) is 10.9. The van der Waals surface area contributed by atoms with Crippen LogP contribution >= 0.6 is 11.8 Å². The minimum Gasteiger partial charge on any atom is -0.327 e. The van der Waals surface area contributed by atoms with Gasteiger partial charge in [-0.05, 0) is 18.8 Å². The molecular formula is C11H17N3S. The van der Waals surface area contributed by atoms with E-state index in [0.717, 1.165) is 16.7 Å². The van der Waals surface area contributed by atoms with E-state index < -0.39 is 0 Å². The maximum Gasteiger partial charge on any atom is 0.114 e. The zero-order valence-electron chi connectivity index (χ0n) is 8.80. The van der Waals surface area contributed by atoms with Gasteiger partial charge < -0.3 is 5.73 Å². The highest BCUT2D eigenvalue weighted by Crippen LogP contribution is 2.29. The molecule has 1 aliphatic rings. The second kappa shape index (κ2) is 5.47. The van der Waals surface area contributed by atoms with E-state index >= 15 is 0 Å². The van der Waals surface area contributed by atoms with Gasteiger partial charge in [-0.1, -0.05) is 12.8 Å². The molecule has 2 rings (SSSR count). The summed E-state index contributed by atoms with van der Waals surface area (Å²) >= 11 is 1.72. The van der Waals surface area contributed by atoms with Crippen LogP contribution in [0, 0.1) is 5.92 Å². The van der Waals surface area contributed by atoms with E-state index in [1.54, 1.807) is 30.4 Å². The van der Waals surface area contributed by atoms with E-state index in [1.165, 1.54) is 25.7 Å². The summed E-state index contributed by atoms with van der Waals surface area (Å²) in [5, 5.41) is 0.978. The van der Waals surface area contributed by atoms with Crippen molar-refractivity contribution in [1.29, 1.82) is 0 Å². The fourth-order valence-electron chi connectivity index (χ4n) is 2.06. The van der Waals surface area contributed by atoms with Crippen LogP contribution in [0.4, 0.5) is 0 Å². The number of hydrogen-bond donors (Lipinski definition) is 1. The Morgan fingerprint density at radius 3 is 2.87 bits per heavy atom. The smallest absolute Gasteiger partial charge is 0.114 e. The fourth-order valence-corrected chi connectivity index (χ4v) is 2.97. The molecule has 1 fully saturated rings. The summed E-state index contributed by atoms with van der Waals surface area (Å²) in [7, 11) is 0. The third kappa shape index (κ3) is 3.18. The molecule has 0 amide bonds. The van der Waals surface area contributed by atoms with Crippen LogP contribution in [0.1, 0.15) is 25.7 Å². The molecule has 0 saturated heterocycles. The van der Waals surface area contributed by atoms with Gasteiger partial charge in [0, 0.05) is 24.2 Å². The average molecular weight is 223 g/mol. The van der Waals surface area contributed by atoms with E-state index in [4.69, 9.17) is 5.73 Å². The zero-order valence-corrected chi connectivity index (χ0v) is 9.62. The summed E-state index contributed by atoms with van der Waals surface area (Å²) in [5.41, 5.74) is 6.16. The molecule has 0 aliphatic heterocycles. The van der Waals surface area contributed by atoms with Gasteiger partial charge in [0.25, 0.3) is 0 Å². The van der Waals surface area contributed by atoms with Crippen LogP contribution in [0.3, 0.4) is 0 Å². The predicted octanol–water partition coefficient (Wildman–Crippen LogP) is 2.09. The van der Waals surface area contributed by atoms with Crippen LogP contribution in [-0.4, -0.2) is 21.8 Å². The topological polar surface area (TPSA) is 51.8 Å². The van der Waals surface area contributed by atoms with Gasteiger partial charge in [-0.15, -0.1) is 11.8 Å². The third-order valence-corrected chi connectivity index (χ3v) is 4.03. The molecular weight excluding hydrogens is 206 g/mol. The van der Waals surface area contributed by atoms with Crippen molar-refractivity contribution in [2.75, 3.05) is 5.75 Å². The number of nitrogens with two attached hydrogens (primary N) is 1. The number of thioether (sulfide) groups is 1. The molecule has 0 bridgehead atoms. The van der Waals surface area contributed by atoms with Crippen molar-refractivity contribution in [3.63, 3.8) is 0 Å². The third-order valence-electron chi connectivity index (χ3n) is 2.97. The lowest BCUT2D eigenvalue weighted by molar-refractivity contribution is 0.463. The van der Waals surface area contributed by atoms with Crippen molar-refractivity contribution in [2.24, 2.45) is 11.7 Å². The Labute approximate surface area is 94.9 Å². The average Bonchev–Trinajstić information content (AvgIpc) is 2.81. The highest BCUT2D eigenvalue weighted by Gasteiger charge is 2.21. The first-order valence-electron chi connectivity index (χ1n) is 5.50. The number of nitrogens with zero attached hydrogens (tertiary/aromatic N) is 2. The van der Waals surface area contributed by atoms with Crippen LogP contribution < -0.4 is 5.73 Å². The number of hydrogen-bond acceptors (Lipinski definition) is 4. The highest BCUT2D eigenvalue weighted by molar-refractivity contribution is 7.99. The molecule has 1 saturated carbocycles. The number of rotatable bonds is 4. The normalized spacial score (nSPS) is 19.3. The van der Waals surface area contributed by atoms with Gasteiger partial charge in [0.2, 0.25) is 0 Å². The molecule has 82 valence electrons. The Morgan fingerprint density at radius 1 is 1.40 bits per heavy atom. The van der Waals surface area contributed by atoms with Crippen LogP contribution in [0.25, 0.3) is 0 Å². The van der Waals surface area contributed by atoms with Crippen molar-refractivity contribution in [2.45, 2.75) is 36.8 Å². The molecule has 0 spiro atoms. The standard InChI is InChI=1S/C11H17N3S/c12-10(9-3-1-2-4-9)8-15-11-7-13-5-6-14-11/h5-7,9-10H,1-4,8,12H2. The molecule has 15 heavy (non-hydrogen) atoms. The lowest BCUT2D eigenvalue weighted by Gasteiger charge is -2.17. The van der Waals surface area contributed by atoms with E-state index in [0.29, 0.717) is 6.04 Å². The van der Waals surface area contributed by atoms with E-state index in [9.17, 15) is 0 Å². The molecule has 0 radical (unpaired) electrons. The fraction of sp³-hybridized carbons (Fsp3) is 0.636. The van der Waals surface area contributed by atoms with Gasteiger partial charge in [0.15, 0.2) is 0 Å². The Kier molecular flexibility index (Phi) is 3.97. The maximum atomic E-state index is 6.16. The molecule has 1 atom stereocenters. The molecule has 4 heteroatoms. The van der Waals surface area contributed by atoms with Gasteiger partial charge in [-0.2, -0.15) is 0 Å². The van der Waals surface area contributed by atoms with Crippen LogP contribution in [0.15, 0.2) is 23.6 Å². The van der Waals surface area contributed by atoms with E-state index in [2.05, 4.69) is 9.97 Å². The molecule has 0 aromatic carbocycles. The second-order valence-corrected chi connectivity index (χ2v) is 5.10. The summed E-state index contributed by atoms with van der Waals surface area (Å²) in [5.74, 6) is 1.69. The lowest BCUT2D eigenvalue weighted by atomic mass is 10.0. The molecule has 1 aromatic heterocycles. The van der Waals surface area contributed by atoms with Crippen LogP contribution in [0.2, 0.25) is 0 Å². The maximum absolute atomic E-state index is 6.16. The molecule has 1 unspecified atom stereocenters. The Bertz CT molecular complexity index is 285. The Hall–Kier alpha value is -0.610. The summed E-state index contributed by atoms with van der Waals surface area (Å²) < 4.78 is 0. The molecule has 1 aromatic rings. The first-order valence-corrected chi connectivity index (χ1v) is 6.49. The Balaban J connectivity index is 1.77. The summed E-state index contributed by atoms with van der Waals surface area (Å²) in [6.45, 7) is 0. The highest BCUT2D eigenvalue weighted by atomic mass is 32.2. The van der Waals surface area contributed by atoms with Crippen LogP contribution in [-0.2, 0) is 0 Å². The van der Waals surface area contributed by atoms with Gasteiger partial charge in [0.1, 0.15) is 5.03 Å². The molecule has 2 N–H and O–H groups in total. The first-order chi connectivity index (χ1) is 7.36. The Morgan fingerprint density at radius 2 is 2.20 bits per heavy atom. The minimum atomic E-state index is 0.319. The van der Waals surface area contributed by atoms with Crippen molar-refractivity contribution in [1.82, 2.24) is 9.97 Å². The minimum absolute atomic E-state index is 0.319. The zero-order chi connectivity index (χ0) is 10.5. The van der Waals surface area contributed by atoms with Gasteiger partial charge >= 0.3 is 0 Å². The quantitative estimate of drug-likeness (QED) is 0.794. The second-order valence-electron chi connectivity index (χ2n) is 4.06. The molecule has 1 heterocycles. The van der Waals surface area contributed by atoms with Crippen molar-refractivity contribution < 1.29 is 0 Å². The largest absolute Gasteiger partial charge is 0.327 e. The van der Waals surface area contributed by atoms with Crippen molar-refractivity contribution in [3.8, 4) is 0 Å².